The molecule has 24 heavy (non-hydrogen) atoms. The van der Waals surface area contributed by atoms with Gasteiger partial charge in [0, 0.05) is 36.3 Å². The molecule has 5 nitrogen and oxygen atoms in total. The quantitative estimate of drug-likeness (QED) is 0.757. The van der Waals surface area contributed by atoms with Gasteiger partial charge in [-0.3, -0.25) is 9.59 Å². The second-order valence-corrected chi connectivity index (χ2v) is 5.57. The Balaban J connectivity index is 1.88. The van der Waals surface area contributed by atoms with Crippen LogP contribution < -0.4 is 10.6 Å². The number of hydrogen-bond donors (Lipinski definition) is 2. The van der Waals surface area contributed by atoms with Gasteiger partial charge in [0.05, 0.1) is 6.61 Å². The minimum Gasteiger partial charge on any atom is -0.383 e. The molecule has 0 fully saturated rings. The molecule has 0 heterocycles. The molecule has 0 aliphatic heterocycles. The van der Waals surface area contributed by atoms with Gasteiger partial charge in [-0.25, -0.2) is 0 Å². The van der Waals surface area contributed by atoms with Crippen LogP contribution in [0, 0.1) is 0 Å². The summed E-state index contributed by atoms with van der Waals surface area (Å²) < 4.78 is 4.87. The summed E-state index contributed by atoms with van der Waals surface area (Å²) in [6.45, 7) is 1.31. The fraction of sp³-hybridized carbons (Fsp3) is 0.222. The van der Waals surface area contributed by atoms with Gasteiger partial charge in [0.15, 0.2) is 0 Å². The maximum absolute atomic E-state index is 12.1. The molecule has 0 saturated carbocycles. The number of hydrogen-bond acceptors (Lipinski definition) is 3. The van der Waals surface area contributed by atoms with Crippen LogP contribution in [0.1, 0.15) is 26.3 Å². The molecule has 0 aliphatic carbocycles. The van der Waals surface area contributed by atoms with Crippen LogP contribution in [-0.4, -0.2) is 32.1 Å². The Morgan fingerprint density at radius 3 is 2.00 bits per heavy atom. The first-order valence-corrected chi connectivity index (χ1v) is 7.88. The van der Waals surface area contributed by atoms with Gasteiger partial charge in [0.1, 0.15) is 0 Å². The highest BCUT2D eigenvalue weighted by Gasteiger charge is 2.08. The molecule has 6 heteroatoms. The number of nitrogens with one attached hydrogen (secondary N) is 2. The molecular weight excluding hydrogens is 328 g/mol. The first-order chi connectivity index (χ1) is 11.6. The van der Waals surface area contributed by atoms with E-state index in [9.17, 15) is 9.59 Å². The summed E-state index contributed by atoms with van der Waals surface area (Å²) in [5, 5.41) is 6.21. The maximum atomic E-state index is 12.1. The highest BCUT2D eigenvalue weighted by molar-refractivity contribution is 6.30. The fourth-order valence-electron chi connectivity index (χ4n) is 2.03. The average Bonchev–Trinajstić information content (AvgIpc) is 2.61. The van der Waals surface area contributed by atoms with Gasteiger partial charge in [0.2, 0.25) is 0 Å². The van der Waals surface area contributed by atoms with Crippen molar-refractivity contribution in [2.75, 3.05) is 20.3 Å². The Hall–Kier alpha value is -2.37. The third kappa shape index (κ3) is 5.37. The third-order valence-electron chi connectivity index (χ3n) is 3.37. The lowest BCUT2D eigenvalue weighted by atomic mass is 10.1. The zero-order valence-corrected chi connectivity index (χ0v) is 14.1. The van der Waals surface area contributed by atoms with E-state index >= 15 is 0 Å². The van der Waals surface area contributed by atoms with Gasteiger partial charge in [-0.05, 0) is 42.0 Å². The number of rotatable bonds is 7. The lowest BCUT2D eigenvalue weighted by Crippen LogP contribution is -2.27. The minimum atomic E-state index is -0.198. The van der Waals surface area contributed by atoms with Crippen LogP contribution in [0.15, 0.2) is 48.5 Å². The number of amides is 2. The number of carbonyl (C=O) groups is 2. The highest BCUT2D eigenvalue weighted by Crippen LogP contribution is 2.10. The van der Waals surface area contributed by atoms with Crippen LogP contribution in [0.4, 0.5) is 0 Å². The molecule has 0 aliphatic rings. The lowest BCUT2D eigenvalue weighted by molar-refractivity contribution is 0.0930. The van der Waals surface area contributed by atoms with Gasteiger partial charge in [-0.1, -0.05) is 23.7 Å². The highest BCUT2D eigenvalue weighted by atomic mass is 35.5. The second-order valence-electron chi connectivity index (χ2n) is 5.14. The van der Waals surface area contributed by atoms with Crippen LogP contribution in [0.5, 0.6) is 0 Å². The summed E-state index contributed by atoms with van der Waals surface area (Å²) in [6, 6.07) is 13.8. The van der Waals surface area contributed by atoms with E-state index in [1.807, 2.05) is 12.1 Å². The summed E-state index contributed by atoms with van der Waals surface area (Å²) in [6.07, 6.45) is 0. The van der Waals surface area contributed by atoms with E-state index in [0.29, 0.717) is 35.8 Å². The number of methoxy groups -OCH3 is 1. The van der Waals surface area contributed by atoms with Crippen LogP contribution in [0.25, 0.3) is 0 Å². The fourth-order valence-corrected chi connectivity index (χ4v) is 2.15. The van der Waals surface area contributed by atoms with E-state index < -0.39 is 0 Å². The molecule has 126 valence electrons. The Labute approximate surface area is 146 Å². The van der Waals surface area contributed by atoms with Crippen molar-refractivity contribution in [3.05, 3.63) is 70.2 Å². The van der Waals surface area contributed by atoms with Crippen molar-refractivity contribution < 1.29 is 14.3 Å². The third-order valence-corrected chi connectivity index (χ3v) is 3.62. The molecule has 2 N–H and O–H groups in total. The van der Waals surface area contributed by atoms with Crippen molar-refractivity contribution in [3.63, 3.8) is 0 Å². The summed E-state index contributed by atoms with van der Waals surface area (Å²) in [5.74, 6) is -0.392. The first kappa shape index (κ1) is 18.0. The minimum absolute atomic E-state index is 0.194. The van der Waals surface area contributed by atoms with E-state index in [-0.39, 0.29) is 11.8 Å². The number of ether oxygens (including phenoxy) is 1. The second kappa shape index (κ2) is 9.05. The maximum Gasteiger partial charge on any atom is 0.251 e. The molecule has 2 amide bonds. The topological polar surface area (TPSA) is 67.4 Å². The molecule has 0 bridgehead atoms. The molecule has 0 aromatic heterocycles. The van der Waals surface area contributed by atoms with Gasteiger partial charge >= 0.3 is 0 Å². The zero-order valence-electron chi connectivity index (χ0n) is 13.3. The monoisotopic (exact) mass is 346 g/mol. The Kier molecular flexibility index (Phi) is 6.78. The van der Waals surface area contributed by atoms with Gasteiger partial charge in [0.25, 0.3) is 11.8 Å². The van der Waals surface area contributed by atoms with E-state index in [2.05, 4.69) is 10.6 Å². The van der Waals surface area contributed by atoms with Crippen molar-refractivity contribution >= 4 is 23.4 Å². The largest absolute Gasteiger partial charge is 0.383 e. The molecule has 0 spiro atoms. The molecule has 0 radical (unpaired) electrons. The van der Waals surface area contributed by atoms with Gasteiger partial charge in [-0.2, -0.15) is 0 Å². The predicted molar refractivity (Wildman–Crippen MR) is 93.3 cm³/mol. The van der Waals surface area contributed by atoms with Crippen molar-refractivity contribution in [2.24, 2.45) is 0 Å². The molecule has 2 aromatic rings. The van der Waals surface area contributed by atoms with Crippen molar-refractivity contribution in [2.45, 2.75) is 6.54 Å². The van der Waals surface area contributed by atoms with Crippen LogP contribution in [-0.2, 0) is 11.3 Å². The molecular formula is C18H19ClN2O3. The summed E-state index contributed by atoms with van der Waals surface area (Å²) in [7, 11) is 1.57. The lowest BCUT2D eigenvalue weighted by Gasteiger charge is -2.07. The van der Waals surface area contributed by atoms with Gasteiger partial charge < -0.3 is 15.4 Å². The zero-order chi connectivity index (χ0) is 17.4. The molecule has 0 atom stereocenters. The molecule has 0 unspecified atom stereocenters. The van der Waals surface area contributed by atoms with E-state index in [1.165, 1.54) is 0 Å². The normalized spacial score (nSPS) is 10.2. The number of carbonyl (C=O) groups excluding carboxylic acids is 2. The summed E-state index contributed by atoms with van der Waals surface area (Å²) in [4.78, 5) is 24.0. The van der Waals surface area contributed by atoms with E-state index in [1.54, 1.807) is 43.5 Å². The smallest absolute Gasteiger partial charge is 0.251 e. The van der Waals surface area contributed by atoms with Crippen molar-refractivity contribution in [1.82, 2.24) is 10.6 Å². The molecule has 0 saturated heterocycles. The number of halogens is 1. The Morgan fingerprint density at radius 2 is 1.46 bits per heavy atom. The van der Waals surface area contributed by atoms with Crippen molar-refractivity contribution in [3.8, 4) is 0 Å². The molecule has 2 rings (SSSR count). The van der Waals surface area contributed by atoms with Crippen LogP contribution in [0.2, 0.25) is 5.02 Å². The first-order valence-electron chi connectivity index (χ1n) is 7.50. The SMILES string of the molecule is COCCNC(=O)c1ccc(C(=O)NCc2ccc(Cl)cc2)cc1. The van der Waals surface area contributed by atoms with Gasteiger partial charge in [-0.15, -0.1) is 0 Å². The Morgan fingerprint density at radius 1 is 0.917 bits per heavy atom. The number of benzene rings is 2. The average molecular weight is 347 g/mol. The summed E-state index contributed by atoms with van der Waals surface area (Å²) >= 11 is 5.82. The van der Waals surface area contributed by atoms with Crippen LogP contribution in [0.3, 0.4) is 0 Å². The van der Waals surface area contributed by atoms with Crippen molar-refractivity contribution in [1.29, 1.82) is 0 Å². The predicted octanol–water partition coefficient (Wildman–Crippen LogP) is 2.65. The van der Waals surface area contributed by atoms with E-state index in [4.69, 9.17) is 16.3 Å². The Bertz CT molecular complexity index is 684. The van der Waals surface area contributed by atoms with E-state index in [0.717, 1.165) is 5.56 Å². The van der Waals surface area contributed by atoms with Crippen LogP contribution >= 0.6 is 11.6 Å². The molecule has 2 aromatic carbocycles. The standard InChI is InChI=1S/C18H19ClN2O3/c1-24-11-10-20-17(22)14-4-6-15(7-5-14)18(23)21-12-13-2-8-16(19)9-3-13/h2-9H,10-12H2,1H3,(H,20,22)(H,21,23). The summed E-state index contributed by atoms with van der Waals surface area (Å²) in [5.41, 5.74) is 1.96.